The zero-order valence-corrected chi connectivity index (χ0v) is 11.7. The predicted octanol–water partition coefficient (Wildman–Crippen LogP) is 1.96. The van der Waals surface area contributed by atoms with Gasteiger partial charge in [-0.05, 0) is 18.3 Å². The minimum Gasteiger partial charge on any atom is -0.385 e. The molecule has 16 heavy (non-hydrogen) atoms. The maximum Gasteiger partial charge on any atom is 0.0477 e. The van der Waals surface area contributed by atoms with Crippen LogP contribution in [0.1, 0.15) is 34.1 Å². The molecule has 1 unspecified atom stereocenters. The summed E-state index contributed by atoms with van der Waals surface area (Å²) < 4.78 is 5.06. The number of nitrogens with two attached hydrogens (primary N) is 1. The van der Waals surface area contributed by atoms with Crippen LogP contribution >= 0.6 is 0 Å². The Kier molecular flexibility index (Phi) is 8.90. The first-order valence-corrected chi connectivity index (χ1v) is 6.42. The van der Waals surface area contributed by atoms with Crippen molar-refractivity contribution in [3.05, 3.63) is 0 Å². The van der Waals surface area contributed by atoms with Gasteiger partial charge in [0.05, 0.1) is 0 Å². The van der Waals surface area contributed by atoms with Crippen molar-refractivity contribution in [3.63, 3.8) is 0 Å². The third-order valence-electron chi connectivity index (χ3n) is 2.43. The van der Waals surface area contributed by atoms with Crippen LogP contribution in [0.5, 0.6) is 0 Å². The van der Waals surface area contributed by atoms with Crippen LogP contribution in [0.25, 0.3) is 0 Å². The molecule has 98 valence electrons. The average Bonchev–Trinajstić information content (AvgIpc) is 2.12. The monoisotopic (exact) mass is 230 g/mol. The maximum atomic E-state index is 6.09. The summed E-state index contributed by atoms with van der Waals surface area (Å²) in [5, 5.41) is 0. The van der Waals surface area contributed by atoms with Gasteiger partial charge in [0.15, 0.2) is 0 Å². The smallest absolute Gasteiger partial charge is 0.0477 e. The van der Waals surface area contributed by atoms with E-state index in [2.05, 4.69) is 32.6 Å². The van der Waals surface area contributed by atoms with E-state index in [1.54, 1.807) is 7.11 Å². The fraction of sp³-hybridized carbons (Fsp3) is 1.00. The second-order valence-corrected chi connectivity index (χ2v) is 5.55. The standard InChI is InChI=1S/C13H30N2O/c1-11(2)8-15(9-12(3)4)10-13(14)6-7-16-5/h11-13H,6-10,14H2,1-5H3. The van der Waals surface area contributed by atoms with Gasteiger partial charge in [-0.3, -0.25) is 0 Å². The number of hydrogen-bond donors (Lipinski definition) is 1. The summed E-state index contributed by atoms with van der Waals surface area (Å²) in [5.41, 5.74) is 6.09. The summed E-state index contributed by atoms with van der Waals surface area (Å²) in [5.74, 6) is 1.40. The Morgan fingerprint density at radius 3 is 1.88 bits per heavy atom. The average molecular weight is 230 g/mol. The second-order valence-electron chi connectivity index (χ2n) is 5.55. The largest absolute Gasteiger partial charge is 0.385 e. The summed E-state index contributed by atoms with van der Waals surface area (Å²) in [6, 6.07) is 0.234. The van der Waals surface area contributed by atoms with Gasteiger partial charge in [-0.1, -0.05) is 27.7 Å². The molecule has 0 amide bonds. The number of ether oxygens (including phenoxy) is 1. The third-order valence-corrected chi connectivity index (χ3v) is 2.43. The van der Waals surface area contributed by atoms with E-state index in [4.69, 9.17) is 10.5 Å². The highest BCUT2D eigenvalue weighted by molar-refractivity contribution is 4.70. The minimum atomic E-state index is 0.234. The molecule has 0 radical (unpaired) electrons. The number of rotatable bonds is 9. The molecule has 0 heterocycles. The number of methoxy groups -OCH3 is 1. The van der Waals surface area contributed by atoms with E-state index < -0.39 is 0 Å². The second kappa shape index (κ2) is 8.97. The van der Waals surface area contributed by atoms with Crippen molar-refractivity contribution in [2.45, 2.75) is 40.2 Å². The van der Waals surface area contributed by atoms with Crippen molar-refractivity contribution in [2.75, 3.05) is 33.4 Å². The lowest BCUT2D eigenvalue weighted by Gasteiger charge is -2.28. The molecule has 0 fully saturated rings. The molecule has 3 nitrogen and oxygen atoms in total. The molecule has 0 bridgehead atoms. The van der Waals surface area contributed by atoms with Gasteiger partial charge in [0, 0.05) is 39.4 Å². The summed E-state index contributed by atoms with van der Waals surface area (Å²) >= 11 is 0. The van der Waals surface area contributed by atoms with Crippen LogP contribution in [0.3, 0.4) is 0 Å². The van der Waals surface area contributed by atoms with Crippen LogP contribution in [0.4, 0.5) is 0 Å². The Hall–Kier alpha value is -0.120. The zero-order chi connectivity index (χ0) is 12.6. The molecule has 1 atom stereocenters. The maximum absolute atomic E-state index is 6.09. The van der Waals surface area contributed by atoms with Crippen molar-refractivity contribution in [2.24, 2.45) is 17.6 Å². The van der Waals surface area contributed by atoms with Gasteiger partial charge in [-0.2, -0.15) is 0 Å². The highest BCUT2D eigenvalue weighted by Crippen LogP contribution is 2.05. The van der Waals surface area contributed by atoms with Gasteiger partial charge in [0.1, 0.15) is 0 Å². The lowest BCUT2D eigenvalue weighted by atomic mass is 10.1. The van der Waals surface area contributed by atoms with Crippen LogP contribution in [0.15, 0.2) is 0 Å². The van der Waals surface area contributed by atoms with Gasteiger partial charge in [0.25, 0.3) is 0 Å². The number of nitrogens with zero attached hydrogens (tertiary/aromatic N) is 1. The normalized spacial score (nSPS) is 14.1. The Morgan fingerprint density at radius 2 is 1.50 bits per heavy atom. The van der Waals surface area contributed by atoms with Crippen molar-refractivity contribution >= 4 is 0 Å². The van der Waals surface area contributed by atoms with E-state index in [1.807, 2.05) is 0 Å². The fourth-order valence-corrected chi connectivity index (χ4v) is 1.95. The predicted molar refractivity (Wildman–Crippen MR) is 70.6 cm³/mol. The van der Waals surface area contributed by atoms with Gasteiger partial charge in [-0.15, -0.1) is 0 Å². The summed E-state index contributed by atoms with van der Waals surface area (Å²) in [7, 11) is 1.73. The van der Waals surface area contributed by atoms with Gasteiger partial charge in [-0.25, -0.2) is 0 Å². The first-order chi connectivity index (χ1) is 7.45. The molecular formula is C13H30N2O. The molecule has 0 saturated heterocycles. The Labute approximate surface area is 101 Å². The van der Waals surface area contributed by atoms with Crippen molar-refractivity contribution in [1.29, 1.82) is 0 Å². The molecule has 0 aliphatic rings. The molecule has 0 aliphatic heterocycles. The Morgan fingerprint density at radius 1 is 1.00 bits per heavy atom. The van der Waals surface area contributed by atoms with Gasteiger partial charge < -0.3 is 15.4 Å². The highest BCUT2D eigenvalue weighted by Gasteiger charge is 2.13. The minimum absolute atomic E-state index is 0.234. The Bertz CT molecular complexity index is 150. The Balaban J connectivity index is 3.98. The van der Waals surface area contributed by atoms with Gasteiger partial charge >= 0.3 is 0 Å². The van der Waals surface area contributed by atoms with E-state index in [1.165, 1.54) is 0 Å². The SMILES string of the molecule is COCCC(N)CN(CC(C)C)CC(C)C. The molecule has 0 spiro atoms. The summed E-state index contributed by atoms with van der Waals surface area (Å²) in [6.07, 6.45) is 0.948. The molecule has 0 aromatic heterocycles. The topological polar surface area (TPSA) is 38.5 Å². The fourth-order valence-electron chi connectivity index (χ4n) is 1.95. The van der Waals surface area contributed by atoms with Crippen LogP contribution < -0.4 is 5.73 Å². The van der Waals surface area contributed by atoms with Crippen LogP contribution in [0.2, 0.25) is 0 Å². The quantitative estimate of drug-likeness (QED) is 0.658. The number of hydrogen-bond acceptors (Lipinski definition) is 3. The molecule has 0 saturated carbocycles. The van der Waals surface area contributed by atoms with E-state index >= 15 is 0 Å². The first-order valence-electron chi connectivity index (χ1n) is 6.42. The first kappa shape index (κ1) is 15.9. The van der Waals surface area contributed by atoms with Crippen molar-refractivity contribution < 1.29 is 4.74 Å². The van der Waals surface area contributed by atoms with E-state index in [-0.39, 0.29) is 6.04 Å². The molecular weight excluding hydrogens is 200 g/mol. The molecule has 0 rings (SSSR count). The lowest BCUT2D eigenvalue weighted by Crippen LogP contribution is -2.41. The third kappa shape index (κ3) is 9.13. The highest BCUT2D eigenvalue weighted by atomic mass is 16.5. The molecule has 3 heteroatoms. The van der Waals surface area contributed by atoms with Gasteiger partial charge in [0.2, 0.25) is 0 Å². The van der Waals surface area contributed by atoms with Crippen LogP contribution in [-0.2, 0) is 4.74 Å². The van der Waals surface area contributed by atoms with E-state index in [9.17, 15) is 0 Å². The van der Waals surface area contributed by atoms with Crippen molar-refractivity contribution in [3.8, 4) is 0 Å². The lowest BCUT2D eigenvalue weighted by molar-refractivity contribution is 0.164. The molecule has 0 aromatic rings. The summed E-state index contributed by atoms with van der Waals surface area (Å²) in [4.78, 5) is 2.48. The van der Waals surface area contributed by atoms with E-state index in [0.29, 0.717) is 11.8 Å². The zero-order valence-electron chi connectivity index (χ0n) is 11.7. The van der Waals surface area contributed by atoms with Crippen LogP contribution in [-0.4, -0.2) is 44.3 Å². The van der Waals surface area contributed by atoms with E-state index in [0.717, 1.165) is 32.7 Å². The molecule has 0 aliphatic carbocycles. The van der Waals surface area contributed by atoms with Crippen LogP contribution in [0, 0.1) is 11.8 Å². The molecule has 2 N–H and O–H groups in total. The van der Waals surface area contributed by atoms with Crippen molar-refractivity contribution in [1.82, 2.24) is 4.90 Å². The molecule has 0 aromatic carbocycles. The summed E-state index contributed by atoms with van der Waals surface area (Å²) in [6.45, 7) is 13.1.